The lowest BCUT2D eigenvalue weighted by atomic mass is 10.1. The molecule has 0 saturated carbocycles. The van der Waals surface area contributed by atoms with Crippen LogP contribution in [-0.2, 0) is 9.59 Å². The molecular formula is C25H20N3O5-. The number of rotatable bonds is 7. The predicted molar refractivity (Wildman–Crippen MR) is 122 cm³/mol. The first-order valence-electron chi connectivity index (χ1n) is 9.90. The van der Waals surface area contributed by atoms with Crippen LogP contribution in [-0.4, -0.2) is 23.7 Å². The summed E-state index contributed by atoms with van der Waals surface area (Å²) in [5, 5.41) is 18.9. The molecule has 0 saturated heterocycles. The summed E-state index contributed by atoms with van der Waals surface area (Å²) in [6, 6.07) is 20.7. The van der Waals surface area contributed by atoms with Crippen molar-refractivity contribution in [3.8, 4) is 0 Å². The van der Waals surface area contributed by atoms with Crippen molar-refractivity contribution < 1.29 is 24.3 Å². The maximum atomic E-state index is 12.9. The molecule has 33 heavy (non-hydrogen) atoms. The number of carboxylic acid groups (broad SMARTS) is 1. The van der Waals surface area contributed by atoms with E-state index in [4.69, 9.17) is 0 Å². The van der Waals surface area contributed by atoms with Crippen molar-refractivity contribution in [3.05, 3.63) is 101 Å². The van der Waals surface area contributed by atoms with Gasteiger partial charge in [0.1, 0.15) is 5.70 Å². The number of nitrogens with one attached hydrogen (secondary N) is 3. The molecule has 0 atom stereocenters. The largest absolute Gasteiger partial charge is 0.545 e. The van der Waals surface area contributed by atoms with Gasteiger partial charge in [0.2, 0.25) is 5.91 Å². The summed E-state index contributed by atoms with van der Waals surface area (Å²) in [6.45, 7) is 1.38. The number of hydrogen-bond donors (Lipinski definition) is 3. The first kappa shape index (κ1) is 23.0. The zero-order valence-corrected chi connectivity index (χ0v) is 17.6. The highest BCUT2D eigenvalue weighted by Gasteiger charge is 2.15. The second-order valence-corrected chi connectivity index (χ2v) is 7.00. The molecule has 0 radical (unpaired) electrons. The Labute approximate surface area is 190 Å². The van der Waals surface area contributed by atoms with Gasteiger partial charge in [-0.2, -0.15) is 0 Å². The molecule has 8 heteroatoms. The van der Waals surface area contributed by atoms with Crippen LogP contribution in [0.2, 0.25) is 0 Å². The lowest BCUT2D eigenvalue weighted by Crippen LogP contribution is -2.31. The first-order valence-corrected chi connectivity index (χ1v) is 9.90. The average Bonchev–Trinajstić information content (AvgIpc) is 2.79. The van der Waals surface area contributed by atoms with E-state index in [-0.39, 0.29) is 28.4 Å². The summed E-state index contributed by atoms with van der Waals surface area (Å²) in [7, 11) is 0. The number of benzene rings is 3. The van der Waals surface area contributed by atoms with Crippen molar-refractivity contribution in [1.29, 1.82) is 0 Å². The van der Waals surface area contributed by atoms with Gasteiger partial charge in [0.05, 0.1) is 5.97 Å². The Kier molecular flexibility index (Phi) is 7.33. The molecule has 0 bridgehead atoms. The molecule has 3 aromatic carbocycles. The Balaban J connectivity index is 1.84. The van der Waals surface area contributed by atoms with Gasteiger partial charge in [0.25, 0.3) is 11.8 Å². The molecule has 0 heterocycles. The third-order valence-electron chi connectivity index (χ3n) is 4.43. The molecule has 8 nitrogen and oxygen atoms in total. The summed E-state index contributed by atoms with van der Waals surface area (Å²) in [4.78, 5) is 47.9. The van der Waals surface area contributed by atoms with Gasteiger partial charge in [0.15, 0.2) is 0 Å². The fourth-order valence-corrected chi connectivity index (χ4v) is 2.90. The molecule has 3 rings (SSSR count). The molecule has 0 aliphatic carbocycles. The van der Waals surface area contributed by atoms with Crippen LogP contribution in [0.4, 0.5) is 11.4 Å². The van der Waals surface area contributed by atoms with Crippen LogP contribution in [0.1, 0.15) is 33.2 Å². The highest BCUT2D eigenvalue weighted by atomic mass is 16.4. The predicted octanol–water partition coefficient (Wildman–Crippen LogP) is 2.42. The Morgan fingerprint density at radius 2 is 1.45 bits per heavy atom. The van der Waals surface area contributed by atoms with Gasteiger partial charge in [-0.05, 0) is 53.6 Å². The van der Waals surface area contributed by atoms with Gasteiger partial charge < -0.3 is 25.9 Å². The summed E-state index contributed by atoms with van der Waals surface area (Å²) < 4.78 is 0. The number of amides is 3. The zero-order chi connectivity index (χ0) is 23.8. The van der Waals surface area contributed by atoms with Crippen molar-refractivity contribution in [2.24, 2.45) is 0 Å². The van der Waals surface area contributed by atoms with E-state index in [0.717, 1.165) is 0 Å². The molecule has 0 aliphatic rings. The second-order valence-electron chi connectivity index (χ2n) is 7.00. The van der Waals surface area contributed by atoms with Crippen molar-refractivity contribution in [2.75, 3.05) is 10.6 Å². The van der Waals surface area contributed by atoms with Crippen LogP contribution in [0.25, 0.3) is 6.08 Å². The molecular weight excluding hydrogens is 422 g/mol. The summed E-state index contributed by atoms with van der Waals surface area (Å²) in [6.07, 6.45) is 1.50. The molecule has 3 aromatic rings. The van der Waals surface area contributed by atoms with Crippen LogP contribution >= 0.6 is 0 Å². The molecule has 0 aromatic heterocycles. The minimum atomic E-state index is -1.37. The molecule has 3 N–H and O–H groups in total. The van der Waals surface area contributed by atoms with E-state index < -0.39 is 17.8 Å². The van der Waals surface area contributed by atoms with E-state index in [2.05, 4.69) is 16.0 Å². The highest BCUT2D eigenvalue weighted by molar-refractivity contribution is 6.11. The number of hydrogen-bond acceptors (Lipinski definition) is 5. The molecule has 0 unspecified atom stereocenters. The van der Waals surface area contributed by atoms with Crippen molar-refractivity contribution in [3.63, 3.8) is 0 Å². The Morgan fingerprint density at radius 1 is 0.758 bits per heavy atom. The van der Waals surface area contributed by atoms with E-state index >= 15 is 0 Å². The standard InChI is InChI=1S/C25H21N3O5/c1-16(29)26-20-12-10-18(11-13-20)23(30)28-22(14-17-6-3-2-4-7-17)24(31)27-21-9-5-8-19(15-21)25(32)33/h2-15H,1H3,(H,26,29)(H,27,31)(H,28,30)(H,32,33)/p-1/b22-14+. The summed E-state index contributed by atoms with van der Waals surface area (Å²) in [5.41, 5.74) is 1.57. The maximum absolute atomic E-state index is 12.9. The smallest absolute Gasteiger partial charge is 0.272 e. The van der Waals surface area contributed by atoms with E-state index in [9.17, 15) is 24.3 Å². The van der Waals surface area contributed by atoms with E-state index in [1.54, 1.807) is 36.4 Å². The van der Waals surface area contributed by atoms with E-state index in [0.29, 0.717) is 11.3 Å². The van der Waals surface area contributed by atoms with Crippen molar-refractivity contribution in [2.45, 2.75) is 6.92 Å². The number of carbonyl (C=O) groups excluding carboxylic acids is 4. The van der Waals surface area contributed by atoms with E-state index in [1.807, 2.05) is 6.07 Å². The lowest BCUT2D eigenvalue weighted by Gasteiger charge is -2.13. The third-order valence-corrected chi connectivity index (χ3v) is 4.43. The first-order chi connectivity index (χ1) is 15.8. The second kappa shape index (κ2) is 10.5. The molecule has 3 amide bonds. The Hall–Kier alpha value is -4.72. The topological polar surface area (TPSA) is 127 Å². The van der Waals surface area contributed by atoms with Gasteiger partial charge in [-0.25, -0.2) is 0 Å². The minimum absolute atomic E-state index is 0.0454. The van der Waals surface area contributed by atoms with Crippen LogP contribution in [0.15, 0.2) is 84.6 Å². The quantitative estimate of drug-likeness (QED) is 0.484. The Bertz CT molecular complexity index is 1220. The summed E-state index contributed by atoms with van der Waals surface area (Å²) in [5.74, 6) is -2.79. The summed E-state index contributed by atoms with van der Waals surface area (Å²) >= 11 is 0. The highest BCUT2D eigenvalue weighted by Crippen LogP contribution is 2.14. The molecule has 0 aliphatic heterocycles. The molecule has 0 fully saturated rings. The Morgan fingerprint density at radius 3 is 2.09 bits per heavy atom. The normalized spacial score (nSPS) is 10.8. The van der Waals surface area contributed by atoms with Crippen LogP contribution in [0.5, 0.6) is 0 Å². The monoisotopic (exact) mass is 442 g/mol. The average molecular weight is 442 g/mol. The fourth-order valence-electron chi connectivity index (χ4n) is 2.90. The zero-order valence-electron chi connectivity index (χ0n) is 17.6. The van der Waals surface area contributed by atoms with Gasteiger partial charge >= 0.3 is 0 Å². The fraction of sp³-hybridized carbons (Fsp3) is 0.0400. The van der Waals surface area contributed by atoms with Crippen molar-refractivity contribution >= 4 is 41.1 Å². The van der Waals surface area contributed by atoms with Crippen LogP contribution < -0.4 is 21.1 Å². The van der Waals surface area contributed by atoms with E-state index in [1.165, 1.54) is 49.4 Å². The molecule has 0 spiro atoms. The van der Waals surface area contributed by atoms with Gasteiger partial charge in [-0.15, -0.1) is 0 Å². The molecule has 166 valence electrons. The number of carboxylic acids is 1. The minimum Gasteiger partial charge on any atom is -0.545 e. The third kappa shape index (κ3) is 6.63. The van der Waals surface area contributed by atoms with Gasteiger partial charge in [-0.3, -0.25) is 14.4 Å². The number of carbonyl (C=O) groups is 4. The number of anilines is 2. The number of aromatic carboxylic acids is 1. The van der Waals surface area contributed by atoms with Gasteiger partial charge in [-0.1, -0.05) is 42.5 Å². The van der Waals surface area contributed by atoms with Crippen LogP contribution in [0.3, 0.4) is 0 Å². The maximum Gasteiger partial charge on any atom is 0.272 e. The van der Waals surface area contributed by atoms with Gasteiger partial charge in [0, 0.05) is 23.9 Å². The lowest BCUT2D eigenvalue weighted by molar-refractivity contribution is -0.255. The SMILES string of the molecule is CC(=O)Nc1ccc(C(=O)N/C(=C/c2ccccc2)C(=O)Nc2cccc(C(=O)[O-])c2)cc1. The van der Waals surface area contributed by atoms with Crippen LogP contribution in [0, 0.1) is 0 Å². The van der Waals surface area contributed by atoms with Crippen molar-refractivity contribution in [1.82, 2.24) is 5.32 Å².